The maximum atomic E-state index is 13.4. The number of halogens is 3. The van der Waals surface area contributed by atoms with Crippen molar-refractivity contribution in [2.24, 2.45) is 0 Å². The third-order valence-electron chi connectivity index (χ3n) is 6.69. The summed E-state index contributed by atoms with van der Waals surface area (Å²) in [5.74, 6) is -0.617. The number of amides is 1. The Bertz CT molecular complexity index is 1380. The standard InChI is InChI=1S/C29H30F3N3O4/c1-5-22(19-10-13-23(16(2)14-19)39-28(3,4)27(37)38)34-26(36)21-15-33-25(35-24(21)17-6-7-17)18-8-11-20(12-9-18)29(30,31)32/h8-15,17,22H,5-7H2,1-4H3,(H,34,36)(H,37,38). The Morgan fingerprint density at radius 3 is 2.33 bits per heavy atom. The lowest BCUT2D eigenvalue weighted by atomic mass is 10.0. The first-order valence-electron chi connectivity index (χ1n) is 12.7. The van der Waals surface area contributed by atoms with Crippen LogP contribution in [-0.2, 0) is 11.0 Å². The molecule has 1 unspecified atom stereocenters. The van der Waals surface area contributed by atoms with Gasteiger partial charge in [0.05, 0.1) is 22.9 Å². The molecule has 0 aliphatic heterocycles. The van der Waals surface area contributed by atoms with Gasteiger partial charge in [-0.1, -0.05) is 31.2 Å². The number of hydrogen-bond acceptors (Lipinski definition) is 5. The van der Waals surface area contributed by atoms with Crippen LogP contribution in [-0.4, -0.2) is 32.6 Å². The number of carbonyl (C=O) groups excluding carboxylic acids is 1. The first kappa shape index (κ1) is 28.1. The highest BCUT2D eigenvalue weighted by Gasteiger charge is 2.33. The lowest BCUT2D eigenvalue weighted by Crippen LogP contribution is -2.38. The van der Waals surface area contributed by atoms with Crippen molar-refractivity contribution in [2.75, 3.05) is 0 Å². The zero-order chi connectivity index (χ0) is 28.5. The van der Waals surface area contributed by atoms with Gasteiger partial charge >= 0.3 is 12.1 Å². The van der Waals surface area contributed by atoms with Crippen LogP contribution in [0.3, 0.4) is 0 Å². The first-order valence-corrected chi connectivity index (χ1v) is 12.7. The zero-order valence-corrected chi connectivity index (χ0v) is 22.1. The van der Waals surface area contributed by atoms with E-state index in [1.54, 1.807) is 12.1 Å². The van der Waals surface area contributed by atoms with E-state index >= 15 is 0 Å². The van der Waals surface area contributed by atoms with Crippen LogP contribution in [0.2, 0.25) is 0 Å². The maximum absolute atomic E-state index is 13.4. The fourth-order valence-electron chi connectivity index (χ4n) is 4.16. The molecule has 0 saturated heterocycles. The van der Waals surface area contributed by atoms with Gasteiger partial charge in [-0.2, -0.15) is 13.2 Å². The summed E-state index contributed by atoms with van der Waals surface area (Å²) in [6.45, 7) is 6.69. The molecule has 1 fully saturated rings. The molecule has 0 radical (unpaired) electrons. The van der Waals surface area contributed by atoms with Gasteiger partial charge in [-0.05, 0) is 69.4 Å². The fraction of sp³-hybridized carbons (Fsp3) is 0.379. The Balaban J connectivity index is 1.55. The third-order valence-corrected chi connectivity index (χ3v) is 6.69. The van der Waals surface area contributed by atoms with Crippen molar-refractivity contribution in [1.29, 1.82) is 0 Å². The van der Waals surface area contributed by atoms with Crippen LogP contribution in [0.1, 0.15) is 84.7 Å². The summed E-state index contributed by atoms with van der Waals surface area (Å²) in [6, 6.07) is 9.64. The Morgan fingerprint density at radius 1 is 1.13 bits per heavy atom. The second-order valence-electron chi connectivity index (χ2n) is 10.2. The average molecular weight is 542 g/mol. The van der Waals surface area contributed by atoms with Gasteiger partial charge in [0.25, 0.3) is 5.91 Å². The highest BCUT2D eigenvalue weighted by Crippen LogP contribution is 2.41. The van der Waals surface area contributed by atoms with Crippen LogP contribution in [0.5, 0.6) is 5.75 Å². The Labute approximate surface area is 224 Å². The number of alkyl halides is 3. The average Bonchev–Trinajstić information content (AvgIpc) is 3.73. The van der Waals surface area contributed by atoms with Gasteiger partial charge in [-0.3, -0.25) is 4.79 Å². The lowest BCUT2D eigenvalue weighted by Gasteiger charge is -2.24. The molecule has 0 bridgehead atoms. The van der Waals surface area contributed by atoms with Crippen LogP contribution in [0.4, 0.5) is 13.2 Å². The van der Waals surface area contributed by atoms with E-state index in [-0.39, 0.29) is 23.7 Å². The predicted octanol–water partition coefficient (Wildman–Crippen LogP) is 6.47. The van der Waals surface area contributed by atoms with E-state index in [1.165, 1.54) is 32.2 Å². The Hall–Kier alpha value is -3.95. The minimum absolute atomic E-state index is 0.0956. The van der Waals surface area contributed by atoms with E-state index in [0.29, 0.717) is 29.0 Å². The largest absolute Gasteiger partial charge is 0.478 e. The van der Waals surface area contributed by atoms with E-state index in [9.17, 15) is 27.9 Å². The van der Waals surface area contributed by atoms with E-state index in [2.05, 4.69) is 15.3 Å². The fourth-order valence-corrected chi connectivity index (χ4v) is 4.16. The molecule has 1 aliphatic carbocycles. The van der Waals surface area contributed by atoms with Crippen molar-refractivity contribution >= 4 is 11.9 Å². The molecule has 3 aromatic rings. The molecular weight excluding hydrogens is 511 g/mol. The summed E-state index contributed by atoms with van der Waals surface area (Å²) in [5.41, 5.74) is 0.782. The molecular formula is C29H30F3N3O4. The topological polar surface area (TPSA) is 101 Å². The molecule has 1 saturated carbocycles. The second kappa shape index (κ2) is 10.7. The number of hydrogen-bond donors (Lipinski definition) is 2. The molecule has 1 amide bonds. The molecule has 0 spiro atoms. The van der Waals surface area contributed by atoms with Crippen molar-refractivity contribution in [3.8, 4) is 17.1 Å². The molecule has 1 heterocycles. The van der Waals surface area contributed by atoms with Gasteiger partial charge in [-0.15, -0.1) is 0 Å². The number of aliphatic carboxylic acids is 1. The highest BCUT2D eigenvalue weighted by atomic mass is 19.4. The number of carbonyl (C=O) groups is 2. The number of ether oxygens (including phenoxy) is 1. The van der Waals surface area contributed by atoms with E-state index in [4.69, 9.17) is 4.74 Å². The maximum Gasteiger partial charge on any atom is 0.416 e. The minimum atomic E-state index is -4.43. The summed E-state index contributed by atoms with van der Waals surface area (Å²) in [4.78, 5) is 33.6. The van der Waals surface area contributed by atoms with Crippen LogP contribution in [0.25, 0.3) is 11.4 Å². The molecule has 10 heteroatoms. The molecule has 7 nitrogen and oxygen atoms in total. The summed E-state index contributed by atoms with van der Waals surface area (Å²) in [6.07, 6.45) is -0.666. The number of aromatic nitrogens is 2. The molecule has 2 N–H and O–H groups in total. The van der Waals surface area contributed by atoms with Crippen molar-refractivity contribution < 1.29 is 32.6 Å². The molecule has 1 aliphatic rings. The van der Waals surface area contributed by atoms with Crippen LogP contribution in [0.15, 0.2) is 48.7 Å². The number of nitrogens with one attached hydrogen (secondary N) is 1. The molecule has 4 rings (SSSR count). The second-order valence-corrected chi connectivity index (χ2v) is 10.2. The van der Waals surface area contributed by atoms with Crippen molar-refractivity contribution in [3.05, 3.63) is 76.6 Å². The Kier molecular flexibility index (Phi) is 7.68. The van der Waals surface area contributed by atoms with Gasteiger partial charge in [0.15, 0.2) is 11.4 Å². The van der Waals surface area contributed by atoms with Crippen molar-refractivity contribution in [3.63, 3.8) is 0 Å². The Morgan fingerprint density at radius 2 is 1.79 bits per heavy atom. The number of carboxylic acids is 1. The van der Waals surface area contributed by atoms with E-state index in [1.807, 2.05) is 19.9 Å². The summed E-state index contributed by atoms with van der Waals surface area (Å²) in [5, 5.41) is 12.4. The first-order chi connectivity index (χ1) is 18.3. The molecule has 1 atom stereocenters. The number of rotatable bonds is 9. The number of benzene rings is 2. The summed E-state index contributed by atoms with van der Waals surface area (Å²) >= 11 is 0. The lowest BCUT2D eigenvalue weighted by molar-refractivity contribution is -0.152. The van der Waals surface area contributed by atoms with Gasteiger partial charge in [0.1, 0.15) is 5.75 Å². The molecule has 1 aromatic heterocycles. The van der Waals surface area contributed by atoms with Crippen molar-refractivity contribution in [2.45, 2.75) is 70.7 Å². The van der Waals surface area contributed by atoms with Crippen molar-refractivity contribution in [1.82, 2.24) is 15.3 Å². The van der Waals surface area contributed by atoms with Gasteiger partial charge in [0, 0.05) is 17.7 Å². The normalized spacial score (nSPS) is 14.5. The zero-order valence-electron chi connectivity index (χ0n) is 22.1. The van der Waals surface area contributed by atoms with Gasteiger partial charge < -0.3 is 15.2 Å². The van der Waals surface area contributed by atoms with Crippen LogP contribution >= 0.6 is 0 Å². The summed E-state index contributed by atoms with van der Waals surface area (Å²) in [7, 11) is 0. The molecule has 2 aromatic carbocycles. The van der Waals surface area contributed by atoms with E-state index in [0.717, 1.165) is 36.1 Å². The smallest absolute Gasteiger partial charge is 0.416 e. The molecule has 206 valence electrons. The summed E-state index contributed by atoms with van der Waals surface area (Å²) < 4.78 is 44.5. The quantitative estimate of drug-likeness (QED) is 0.322. The molecule has 39 heavy (non-hydrogen) atoms. The number of nitrogens with zero attached hydrogens (tertiary/aromatic N) is 2. The van der Waals surface area contributed by atoms with E-state index < -0.39 is 23.3 Å². The van der Waals surface area contributed by atoms with Gasteiger partial charge in [0.2, 0.25) is 0 Å². The monoisotopic (exact) mass is 541 g/mol. The van der Waals surface area contributed by atoms with Crippen LogP contribution < -0.4 is 10.1 Å². The highest BCUT2D eigenvalue weighted by molar-refractivity contribution is 5.95. The minimum Gasteiger partial charge on any atom is -0.478 e. The third kappa shape index (κ3) is 6.38. The number of carboxylic acid groups (broad SMARTS) is 1. The van der Waals surface area contributed by atoms with Crippen LogP contribution in [0, 0.1) is 6.92 Å². The number of aryl methyl sites for hydroxylation is 1. The predicted molar refractivity (Wildman–Crippen MR) is 138 cm³/mol. The van der Waals surface area contributed by atoms with Gasteiger partial charge in [-0.25, -0.2) is 14.8 Å². The SMILES string of the molecule is CCC(NC(=O)c1cnc(-c2ccc(C(F)(F)F)cc2)nc1C1CC1)c1ccc(OC(C)(C)C(=O)O)c(C)c1.